The van der Waals surface area contributed by atoms with Crippen LogP contribution in [-0.2, 0) is 4.74 Å². The minimum atomic E-state index is -0.308. The summed E-state index contributed by atoms with van der Waals surface area (Å²) in [5.74, 6) is 0.475. The number of rotatable bonds is 2. The van der Waals surface area contributed by atoms with Crippen molar-refractivity contribution >= 4 is 17.0 Å². The number of ether oxygens (including phenoxy) is 1. The number of nitro benzene ring substituents is 1. The van der Waals surface area contributed by atoms with Crippen molar-refractivity contribution in [1.82, 2.24) is 0 Å². The molecule has 1 aliphatic carbocycles. The van der Waals surface area contributed by atoms with Gasteiger partial charge in [-0.1, -0.05) is 25.0 Å². The van der Waals surface area contributed by atoms with Crippen LogP contribution in [-0.4, -0.2) is 11.0 Å². The summed E-state index contributed by atoms with van der Waals surface area (Å²) in [5, 5.41) is 13.4. The highest BCUT2D eigenvalue weighted by molar-refractivity contribution is 7.10. The maximum atomic E-state index is 11.4. The Morgan fingerprint density at radius 2 is 1.95 bits per heavy atom. The monoisotopic (exact) mass is 315 g/mol. The standard InChI is InChI=1S/C17H17NO3S/c19-18(20)14-7-3-1-5-11(14)16-13-9-10-22-17(13)12-6-2-4-8-15(12)21-16/h1,3,5,7,9-10,12,15-16H,2,4,6,8H2/t12-,15-,16-/m0/s1. The first-order valence-electron chi connectivity index (χ1n) is 7.72. The summed E-state index contributed by atoms with van der Waals surface area (Å²) in [5.41, 5.74) is 1.96. The lowest BCUT2D eigenvalue weighted by molar-refractivity contribution is -0.386. The quantitative estimate of drug-likeness (QED) is 0.590. The fraction of sp³-hybridized carbons (Fsp3) is 0.412. The number of para-hydroxylation sites is 1. The molecule has 0 saturated heterocycles. The highest BCUT2D eigenvalue weighted by Gasteiger charge is 2.40. The third kappa shape index (κ3) is 2.16. The lowest BCUT2D eigenvalue weighted by Crippen LogP contribution is -2.32. The van der Waals surface area contributed by atoms with Crippen LogP contribution in [0.2, 0.25) is 0 Å². The van der Waals surface area contributed by atoms with E-state index in [4.69, 9.17) is 4.74 Å². The molecule has 22 heavy (non-hydrogen) atoms. The molecule has 0 unspecified atom stereocenters. The van der Waals surface area contributed by atoms with Crippen molar-refractivity contribution in [3.05, 3.63) is 61.8 Å². The van der Waals surface area contributed by atoms with E-state index < -0.39 is 0 Å². The second kappa shape index (κ2) is 5.48. The largest absolute Gasteiger partial charge is 0.365 e. The Morgan fingerprint density at radius 3 is 2.82 bits per heavy atom. The predicted octanol–water partition coefficient (Wildman–Crippen LogP) is 4.80. The topological polar surface area (TPSA) is 52.4 Å². The number of benzene rings is 1. The zero-order valence-electron chi connectivity index (χ0n) is 12.1. The number of nitrogens with zero attached hydrogens (tertiary/aromatic N) is 1. The van der Waals surface area contributed by atoms with Crippen LogP contribution in [0.3, 0.4) is 0 Å². The van der Waals surface area contributed by atoms with Gasteiger partial charge >= 0.3 is 0 Å². The van der Waals surface area contributed by atoms with Gasteiger partial charge in [-0.3, -0.25) is 10.1 Å². The Hall–Kier alpha value is -1.72. The molecule has 0 bridgehead atoms. The minimum absolute atomic E-state index is 0.152. The van der Waals surface area contributed by atoms with E-state index in [0.29, 0.717) is 11.5 Å². The van der Waals surface area contributed by atoms with Gasteiger partial charge < -0.3 is 4.74 Å². The Labute approximate surface area is 132 Å². The van der Waals surface area contributed by atoms with E-state index >= 15 is 0 Å². The second-order valence-electron chi connectivity index (χ2n) is 6.00. The number of hydrogen-bond acceptors (Lipinski definition) is 4. The molecule has 1 saturated carbocycles. The molecule has 5 heteroatoms. The third-order valence-corrected chi connectivity index (χ3v) is 5.84. The fourth-order valence-corrected chi connectivity index (χ4v) is 4.89. The van der Waals surface area contributed by atoms with E-state index in [1.807, 2.05) is 12.1 Å². The smallest absolute Gasteiger partial charge is 0.275 e. The molecule has 0 spiro atoms. The van der Waals surface area contributed by atoms with E-state index in [1.54, 1.807) is 23.5 Å². The molecule has 0 N–H and O–H groups in total. The molecule has 2 aliphatic rings. The van der Waals surface area contributed by atoms with E-state index in [9.17, 15) is 10.1 Å². The maximum absolute atomic E-state index is 11.4. The summed E-state index contributed by atoms with van der Waals surface area (Å²) in [7, 11) is 0. The van der Waals surface area contributed by atoms with Gasteiger partial charge in [-0.25, -0.2) is 0 Å². The molecule has 0 radical (unpaired) electrons. The summed E-state index contributed by atoms with van der Waals surface area (Å²) in [4.78, 5) is 12.4. The van der Waals surface area contributed by atoms with Crippen LogP contribution in [0.4, 0.5) is 5.69 Å². The lowest BCUT2D eigenvalue weighted by atomic mass is 9.80. The average Bonchev–Trinajstić information content (AvgIpc) is 3.04. The van der Waals surface area contributed by atoms with E-state index in [1.165, 1.54) is 24.1 Å². The predicted molar refractivity (Wildman–Crippen MR) is 85.3 cm³/mol. The van der Waals surface area contributed by atoms with Crippen molar-refractivity contribution in [3.63, 3.8) is 0 Å². The number of nitro groups is 1. The molecular formula is C17H17NO3S. The zero-order valence-corrected chi connectivity index (χ0v) is 12.9. The Morgan fingerprint density at radius 1 is 1.14 bits per heavy atom. The Kier molecular flexibility index (Phi) is 3.47. The Balaban J connectivity index is 1.81. The number of hydrogen-bond donors (Lipinski definition) is 0. The van der Waals surface area contributed by atoms with Crippen LogP contribution in [0.5, 0.6) is 0 Å². The van der Waals surface area contributed by atoms with Crippen LogP contribution >= 0.6 is 11.3 Å². The molecule has 0 amide bonds. The van der Waals surface area contributed by atoms with Gasteiger partial charge in [-0.2, -0.15) is 0 Å². The van der Waals surface area contributed by atoms with Gasteiger partial charge in [0.05, 0.1) is 16.6 Å². The molecular weight excluding hydrogens is 298 g/mol. The van der Waals surface area contributed by atoms with Gasteiger partial charge in [0.15, 0.2) is 0 Å². The average molecular weight is 315 g/mol. The van der Waals surface area contributed by atoms with Crippen molar-refractivity contribution in [2.75, 3.05) is 0 Å². The molecule has 1 aliphatic heterocycles. The first kappa shape index (κ1) is 13.9. The summed E-state index contributed by atoms with van der Waals surface area (Å²) in [6.45, 7) is 0. The minimum Gasteiger partial charge on any atom is -0.365 e. The van der Waals surface area contributed by atoms with E-state index in [2.05, 4.69) is 11.4 Å². The molecule has 1 aromatic carbocycles. The maximum Gasteiger partial charge on any atom is 0.275 e. The molecule has 1 aromatic heterocycles. The van der Waals surface area contributed by atoms with Crippen LogP contribution in [0.25, 0.3) is 0 Å². The molecule has 3 atom stereocenters. The summed E-state index contributed by atoms with van der Waals surface area (Å²) in [6.07, 6.45) is 4.55. The highest BCUT2D eigenvalue weighted by Crippen LogP contribution is 2.49. The highest BCUT2D eigenvalue weighted by atomic mass is 32.1. The van der Waals surface area contributed by atoms with E-state index in [0.717, 1.165) is 12.0 Å². The fourth-order valence-electron chi connectivity index (χ4n) is 3.77. The molecule has 4 rings (SSSR count). The third-order valence-electron chi connectivity index (χ3n) is 4.78. The van der Waals surface area contributed by atoms with Gasteiger partial charge in [-0.05, 0) is 35.9 Å². The molecule has 2 heterocycles. The van der Waals surface area contributed by atoms with Gasteiger partial charge in [0.25, 0.3) is 5.69 Å². The van der Waals surface area contributed by atoms with Crippen LogP contribution in [0.15, 0.2) is 35.7 Å². The first-order valence-corrected chi connectivity index (χ1v) is 8.59. The van der Waals surface area contributed by atoms with Crippen molar-refractivity contribution in [2.24, 2.45) is 0 Å². The number of thiophene rings is 1. The normalized spacial score (nSPS) is 27.0. The lowest BCUT2D eigenvalue weighted by Gasteiger charge is -2.39. The van der Waals surface area contributed by atoms with Crippen molar-refractivity contribution in [1.29, 1.82) is 0 Å². The molecule has 1 fully saturated rings. The van der Waals surface area contributed by atoms with Gasteiger partial charge in [0.1, 0.15) is 6.10 Å². The summed E-state index contributed by atoms with van der Waals surface area (Å²) < 4.78 is 6.35. The Bertz CT molecular complexity index is 711. The summed E-state index contributed by atoms with van der Waals surface area (Å²) >= 11 is 1.77. The molecule has 114 valence electrons. The van der Waals surface area contributed by atoms with Crippen LogP contribution in [0.1, 0.15) is 53.7 Å². The van der Waals surface area contributed by atoms with Gasteiger partial charge in [0.2, 0.25) is 0 Å². The molecule has 2 aromatic rings. The van der Waals surface area contributed by atoms with Crippen molar-refractivity contribution in [2.45, 2.75) is 43.8 Å². The molecule has 4 nitrogen and oxygen atoms in total. The van der Waals surface area contributed by atoms with Crippen LogP contribution < -0.4 is 0 Å². The summed E-state index contributed by atoms with van der Waals surface area (Å²) in [6, 6.07) is 9.03. The zero-order chi connectivity index (χ0) is 15.1. The van der Waals surface area contributed by atoms with Crippen LogP contribution in [0, 0.1) is 10.1 Å². The first-order chi connectivity index (χ1) is 10.8. The number of fused-ring (bicyclic) bond motifs is 3. The van der Waals surface area contributed by atoms with Gasteiger partial charge in [-0.15, -0.1) is 11.3 Å². The second-order valence-corrected chi connectivity index (χ2v) is 6.95. The SMILES string of the molecule is O=[N+]([O-])c1ccccc1[C@@H]1O[C@H]2CCCC[C@@H]2c2sccc21. The van der Waals surface area contributed by atoms with E-state index in [-0.39, 0.29) is 22.8 Å². The van der Waals surface area contributed by atoms with Crippen molar-refractivity contribution in [3.8, 4) is 0 Å². The van der Waals surface area contributed by atoms with Crippen molar-refractivity contribution < 1.29 is 9.66 Å². The van der Waals surface area contributed by atoms with Gasteiger partial charge in [0, 0.05) is 16.9 Å².